The van der Waals surface area contributed by atoms with E-state index in [1.54, 1.807) is 17.0 Å². The minimum Gasteiger partial charge on any atom is -0.310 e. The Labute approximate surface area is 83.2 Å². The standard InChI is InChI=1S/C10H15N3O/c1-12-5-2-9(3-6-12)13-7-4-11-8-10(13)14/h4,7-9H,2-3,5-6H2,1H3. The van der Waals surface area contributed by atoms with E-state index in [9.17, 15) is 4.79 Å². The Morgan fingerprint density at radius 3 is 2.79 bits per heavy atom. The van der Waals surface area contributed by atoms with Crippen LogP contribution in [0.5, 0.6) is 0 Å². The Kier molecular flexibility index (Phi) is 2.63. The molecule has 0 aliphatic carbocycles. The number of piperidine rings is 1. The van der Waals surface area contributed by atoms with Gasteiger partial charge in [0, 0.05) is 18.4 Å². The molecule has 0 unspecified atom stereocenters. The van der Waals surface area contributed by atoms with E-state index >= 15 is 0 Å². The lowest BCUT2D eigenvalue weighted by Crippen LogP contribution is -2.35. The summed E-state index contributed by atoms with van der Waals surface area (Å²) in [5, 5.41) is 0. The predicted molar refractivity (Wildman–Crippen MR) is 54.3 cm³/mol. The lowest BCUT2D eigenvalue weighted by molar-refractivity contribution is 0.218. The van der Waals surface area contributed by atoms with E-state index in [-0.39, 0.29) is 5.56 Å². The molecule has 1 fully saturated rings. The maximum atomic E-state index is 11.5. The molecule has 0 spiro atoms. The summed E-state index contributed by atoms with van der Waals surface area (Å²) in [7, 11) is 2.12. The van der Waals surface area contributed by atoms with E-state index in [0.29, 0.717) is 6.04 Å². The van der Waals surface area contributed by atoms with Crippen LogP contribution < -0.4 is 5.56 Å². The van der Waals surface area contributed by atoms with Gasteiger partial charge in [-0.25, -0.2) is 0 Å². The Morgan fingerprint density at radius 1 is 1.43 bits per heavy atom. The molecule has 0 radical (unpaired) electrons. The van der Waals surface area contributed by atoms with E-state index < -0.39 is 0 Å². The quantitative estimate of drug-likeness (QED) is 0.652. The van der Waals surface area contributed by atoms with Crippen LogP contribution in [0.25, 0.3) is 0 Å². The van der Waals surface area contributed by atoms with Gasteiger partial charge in [0.1, 0.15) is 0 Å². The van der Waals surface area contributed by atoms with Gasteiger partial charge < -0.3 is 9.47 Å². The van der Waals surface area contributed by atoms with Gasteiger partial charge in [-0.1, -0.05) is 0 Å². The first-order valence-corrected chi connectivity index (χ1v) is 4.98. The molecule has 1 aliphatic heterocycles. The molecule has 2 heterocycles. The van der Waals surface area contributed by atoms with Crippen LogP contribution in [0.3, 0.4) is 0 Å². The summed E-state index contributed by atoms with van der Waals surface area (Å²) < 4.78 is 1.81. The number of aromatic nitrogens is 2. The lowest BCUT2D eigenvalue weighted by atomic mass is 10.1. The largest absolute Gasteiger partial charge is 0.310 e. The minimum absolute atomic E-state index is 0.0158. The van der Waals surface area contributed by atoms with Gasteiger partial charge in [0.05, 0.1) is 6.20 Å². The van der Waals surface area contributed by atoms with E-state index in [2.05, 4.69) is 16.9 Å². The molecule has 0 aromatic carbocycles. The van der Waals surface area contributed by atoms with Crippen molar-refractivity contribution in [3.8, 4) is 0 Å². The average Bonchev–Trinajstić information content (AvgIpc) is 2.20. The van der Waals surface area contributed by atoms with Gasteiger partial charge in [-0.2, -0.15) is 0 Å². The Morgan fingerprint density at radius 2 is 2.14 bits per heavy atom. The van der Waals surface area contributed by atoms with E-state index in [0.717, 1.165) is 25.9 Å². The molecule has 4 nitrogen and oxygen atoms in total. The highest BCUT2D eigenvalue weighted by molar-refractivity contribution is 4.86. The van der Waals surface area contributed by atoms with Gasteiger partial charge in [0.15, 0.2) is 0 Å². The fourth-order valence-corrected chi connectivity index (χ4v) is 1.93. The third kappa shape index (κ3) is 1.85. The molecule has 2 rings (SSSR count). The third-order valence-corrected chi connectivity index (χ3v) is 2.83. The molecule has 0 bridgehead atoms. The Bertz CT molecular complexity index is 352. The summed E-state index contributed by atoms with van der Waals surface area (Å²) in [6.07, 6.45) is 6.97. The first-order valence-electron chi connectivity index (χ1n) is 4.98. The highest BCUT2D eigenvalue weighted by atomic mass is 16.1. The van der Waals surface area contributed by atoms with Crippen molar-refractivity contribution in [3.05, 3.63) is 28.9 Å². The summed E-state index contributed by atoms with van der Waals surface area (Å²) in [5.74, 6) is 0. The fraction of sp³-hybridized carbons (Fsp3) is 0.600. The van der Waals surface area contributed by atoms with Gasteiger partial charge >= 0.3 is 0 Å². The molecule has 1 aromatic rings. The number of rotatable bonds is 1. The van der Waals surface area contributed by atoms with Crippen molar-refractivity contribution in [1.29, 1.82) is 0 Å². The summed E-state index contributed by atoms with van der Waals surface area (Å²) in [6.45, 7) is 2.14. The molecular weight excluding hydrogens is 178 g/mol. The molecule has 0 amide bonds. The van der Waals surface area contributed by atoms with Gasteiger partial charge in [-0.05, 0) is 33.0 Å². The van der Waals surface area contributed by atoms with E-state index in [1.165, 1.54) is 6.20 Å². The maximum absolute atomic E-state index is 11.5. The molecule has 0 atom stereocenters. The fourth-order valence-electron chi connectivity index (χ4n) is 1.93. The van der Waals surface area contributed by atoms with Crippen molar-refractivity contribution in [2.75, 3.05) is 20.1 Å². The second kappa shape index (κ2) is 3.92. The van der Waals surface area contributed by atoms with Crippen LogP contribution in [0, 0.1) is 0 Å². The van der Waals surface area contributed by atoms with Gasteiger partial charge in [0.25, 0.3) is 5.56 Å². The Hall–Kier alpha value is -1.16. The zero-order valence-electron chi connectivity index (χ0n) is 8.39. The van der Waals surface area contributed by atoms with Crippen molar-refractivity contribution in [1.82, 2.24) is 14.5 Å². The molecular formula is C10H15N3O. The molecule has 1 aliphatic rings. The summed E-state index contributed by atoms with van der Waals surface area (Å²) in [6, 6.07) is 0.363. The monoisotopic (exact) mass is 193 g/mol. The average molecular weight is 193 g/mol. The van der Waals surface area contributed by atoms with Crippen LogP contribution in [-0.4, -0.2) is 34.6 Å². The SMILES string of the molecule is CN1CCC(n2ccncc2=O)CC1. The van der Waals surface area contributed by atoms with Crippen molar-refractivity contribution >= 4 is 0 Å². The molecule has 4 heteroatoms. The summed E-state index contributed by atoms with van der Waals surface area (Å²) in [4.78, 5) is 17.6. The highest BCUT2D eigenvalue weighted by Gasteiger charge is 2.18. The highest BCUT2D eigenvalue weighted by Crippen LogP contribution is 2.19. The third-order valence-electron chi connectivity index (χ3n) is 2.83. The lowest BCUT2D eigenvalue weighted by Gasteiger charge is -2.29. The molecule has 14 heavy (non-hydrogen) atoms. The van der Waals surface area contributed by atoms with Crippen molar-refractivity contribution < 1.29 is 0 Å². The predicted octanol–water partition coefficient (Wildman–Crippen LogP) is 0.510. The van der Waals surface area contributed by atoms with Crippen LogP contribution in [0.1, 0.15) is 18.9 Å². The molecule has 1 saturated heterocycles. The molecule has 0 N–H and O–H groups in total. The Balaban J connectivity index is 2.16. The first kappa shape index (κ1) is 9.40. The molecule has 1 aromatic heterocycles. The zero-order valence-corrected chi connectivity index (χ0v) is 8.39. The van der Waals surface area contributed by atoms with E-state index in [4.69, 9.17) is 0 Å². The zero-order chi connectivity index (χ0) is 9.97. The number of hydrogen-bond donors (Lipinski definition) is 0. The van der Waals surface area contributed by atoms with Gasteiger partial charge in [-0.15, -0.1) is 0 Å². The summed E-state index contributed by atoms with van der Waals surface area (Å²) in [5.41, 5.74) is 0.0158. The second-order valence-electron chi connectivity index (χ2n) is 3.86. The number of hydrogen-bond acceptors (Lipinski definition) is 3. The summed E-state index contributed by atoms with van der Waals surface area (Å²) >= 11 is 0. The van der Waals surface area contributed by atoms with Crippen LogP contribution >= 0.6 is 0 Å². The maximum Gasteiger partial charge on any atom is 0.269 e. The number of likely N-dealkylation sites (tertiary alicyclic amines) is 1. The topological polar surface area (TPSA) is 38.1 Å². The van der Waals surface area contributed by atoms with Crippen LogP contribution in [0.15, 0.2) is 23.4 Å². The normalized spacial score (nSPS) is 19.8. The number of nitrogens with zero attached hydrogens (tertiary/aromatic N) is 3. The van der Waals surface area contributed by atoms with Crippen LogP contribution in [-0.2, 0) is 0 Å². The first-order chi connectivity index (χ1) is 6.77. The van der Waals surface area contributed by atoms with Crippen LogP contribution in [0.4, 0.5) is 0 Å². The van der Waals surface area contributed by atoms with Gasteiger partial charge in [-0.3, -0.25) is 9.78 Å². The van der Waals surface area contributed by atoms with Crippen molar-refractivity contribution in [2.45, 2.75) is 18.9 Å². The molecule has 0 saturated carbocycles. The van der Waals surface area contributed by atoms with Crippen molar-refractivity contribution in [2.24, 2.45) is 0 Å². The van der Waals surface area contributed by atoms with Crippen LogP contribution in [0.2, 0.25) is 0 Å². The molecule has 76 valence electrons. The van der Waals surface area contributed by atoms with Crippen molar-refractivity contribution in [3.63, 3.8) is 0 Å². The smallest absolute Gasteiger partial charge is 0.269 e. The minimum atomic E-state index is 0.0158. The van der Waals surface area contributed by atoms with Gasteiger partial charge in [0.2, 0.25) is 0 Å². The van der Waals surface area contributed by atoms with E-state index in [1.807, 2.05) is 0 Å². The second-order valence-corrected chi connectivity index (χ2v) is 3.86.